The quantitative estimate of drug-likeness (QED) is 0.864. The summed E-state index contributed by atoms with van der Waals surface area (Å²) in [5.74, 6) is 1.37. The van der Waals surface area contributed by atoms with E-state index in [0.717, 1.165) is 0 Å². The van der Waals surface area contributed by atoms with Gasteiger partial charge in [-0.15, -0.1) is 0 Å². The molecule has 0 saturated heterocycles. The van der Waals surface area contributed by atoms with Crippen LogP contribution in [-0.4, -0.2) is 34.3 Å². The Bertz CT molecular complexity index is 538. The molecule has 0 atom stereocenters. The van der Waals surface area contributed by atoms with Crippen LogP contribution < -0.4 is 10.1 Å². The summed E-state index contributed by atoms with van der Waals surface area (Å²) in [5.41, 5.74) is 0.172. The maximum absolute atomic E-state index is 5.22. The third-order valence-electron chi connectivity index (χ3n) is 2.67. The molecule has 2 rings (SSSR count). The van der Waals surface area contributed by atoms with Crippen LogP contribution in [0.25, 0.3) is 11.5 Å². The van der Waals surface area contributed by atoms with E-state index in [1.54, 1.807) is 6.07 Å². The van der Waals surface area contributed by atoms with Crippen LogP contribution in [0.5, 0.6) is 5.88 Å². The number of rotatable bonds is 4. The number of methoxy groups -OCH3 is 1. The number of hydrogen-bond acceptors (Lipinski definition) is 7. The van der Waals surface area contributed by atoms with Crippen LogP contribution in [0, 0.1) is 0 Å². The van der Waals surface area contributed by atoms with Crippen LogP contribution in [0.4, 0.5) is 0 Å². The summed E-state index contributed by atoms with van der Waals surface area (Å²) < 4.78 is 10.2. The molecule has 2 aromatic rings. The number of nitrogens with zero attached hydrogens (tertiary/aromatic N) is 4. The van der Waals surface area contributed by atoms with E-state index in [-0.39, 0.29) is 5.54 Å². The molecule has 7 nitrogen and oxygen atoms in total. The van der Waals surface area contributed by atoms with Gasteiger partial charge in [0, 0.05) is 6.07 Å². The number of aromatic nitrogens is 4. The van der Waals surface area contributed by atoms with E-state index >= 15 is 0 Å². The minimum absolute atomic E-state index is 0.387. The second-order valence-electron chi connectivity index (χ2n) is 4.24. The van der Waals surface area contributed by atoms with Gasteiger partial charge in [0.25, 0.3) is 0 Å². The van der Waals surface area contributed by atoms with Crippen molar-refractivity contribution in [3.63, 3.8) is 0 Å². The van der Waals surface area contributed by atoms with Gasteiger partial charge in [-0.25, -0.2) is 9.97 Å². The summed E-state index contributed by atoms with van der Waals surface area (Å²) in [5, 5.41) is 7.00. The molecular formula is C11H15N5O2. The van der Waals surface area contributed by atoms with Crippen molar-refractivity contribution in [3.8, 4) is 17.4 Å². The van der Waals surface area contributed by atoms with E-state index < -0.39 is 0 Å². The van der Waals surface area contributed by atoms with Gasteiger partial charge in [-0.3, -0.25) is 0 Å². The van der Waals surface area contributed by atoms with Gasteiger partial charge < -0.3 is 14.6 Å². The first kappa shape index (κ1) is 12.4. The SMILES string of the molecule is CNC(C)(C)c1nc(-c2cc(OC)ncn2)no1. The second-order valence-corrected chi connectivity index (χ2v) is 4.24. The van der Waals surface area contributed by atoms with Crippen molar-refractivity contribution < 1.29 is 9.26 Å². The highest BCUT2D eigenvalue weighted by Gasteiger charge is 2.26. The maximum atomic E-state index is 5.22. The Morgan fingerprint density at radius 1 is 1.33 bits per heavy atom. The average Bonchev–Trinajstić information content (AvgIpc) is 2.89. The molecule has 2 heterocycles. The van der Waals surface area contributed by atoms with Crippen molar-refractivity contribution in [2.75, 3.05) is 14.2 Å². The van der Waals surface area contributed by atoms with Gasteiger partial charge in [-0.2, -0.15) is 4.98 Å². The largest absolute Gasteiger partial charge is 0.481 e. The predicted octanol–water partition coefficient (Wildman–Crippen LogP) is 0.990. The van der Waals surface area contributed by atoms with Crippen LogP contribution in [0.2, 0.25) is 0 Å². The molecule has 0 aliphatic rings. The molecule has 0 saturated carbocycles. The highest BCUT2D eigenvalue weighted by atomic mass is 16.5. The van der Waals surface area contributed by atoms with E-state index in [2.05, 4.69) is 25.4 Å². The fourth-order valence-corrected chi connectivity index (χ4v) is 1.26. The fourth-order valence-electron chi connectivity index (χ4n) is 1.26. The molecule has 0 unspecified atom stereocenters. The van der Waals surface area contributed by atoms with Gasteiger partial charge in [0.05, 0.1) is 12.6 Å². The maximum Gasteiger partial charge on any atom is 0.246 e. The standard InChI is InChI=1S/C11H15N5O2/c1-11(2,12-3)10-15-9(16-18-10)7-5-8(17-4)14-6-13-7/h5-6,12H,1-4H3. The summed E-state index contributed by atoms with van der Waals surface area (Å²) in [6.07, 6.45) is 1.40. The molecule has 18 heavy (non-hydrogen) atoms. The molecule has 0 fully saturated rings. The minimum atomic E-state index is -0.387. The van der Waals surface area contributed by atoms with Crippen LogP contribution >= 0.6 is 0 Å². The van der Waals surface area contributed by atoms with Gasteiger partial charge in [-0.05, 0) is 20.9 Å². The van der Waals surface area contributed by atoms with E-state index in [0.29, 0.717) is 23.3 Å². The third kappa shape index (κ3) is 2.30. The lowest BCUT2D eigenvalue weighted by atomic mass is 10.1. The molecule has 0 amide bonds. The molecule has 0 aliphatic heterocycles. The monoisotopic (exact) mass is 249 g/mol. The zero-order valence-corrected chi connectivity index (χ0v) is 10.8. The Morgan fingerprint density at radius 2 is 2.11 bits per heavy atom. The number of ether oxygens (including phenoxy) is 1. The Kier molecular flexibility index (Phi) is 3.24. The first-order valence-electron chi connectivity index (χ1n) is 5.46. The highest BCUT2D eigenvalue weighted by molar-refractivity contribution is 5.49. The lowest BCUT2D eigenvalue weighted by Gasteiger charge is -2.17. The molecule has 1 N–H and O–H groups in total. The lowest BCUT2D eigenvalue weighted by molar-refractivity contribution is 0.281. The molecule has 0 aromatic carbocycles. The Morgan fingerprint density at radius 3 is 2.78 bits per heavy atom. The molecule has 0 bridgehead atoms. The van der Waals surface area contributed by atoms with Gasteiger partial charge in [0.15, 0.2) is 0 Å². The van der Waals surface area contributed by atoms with Crippen LogP contribution in [0.1, 0.15) is 19.7 Å². The van der Waals surface area contributed by atoms with Gasteiger partial charge >= 0.3 is 0 Å². The highest BCUT2D eigenvalue weighted by Crippen LogP contribution is 2.21. The summed E-state index contributed by atoms with van der Waals surface area (Å²) in [6.45, 7) is 3.90. The molecule has 7 heteroatoms. The smallest absolute Gasteiger partial charge is 0.246 e. The van der Waals surface area contributed by atoms with Gasteiger partial charge in [-0.1, -0.05) is 5.16 Å². The Hall–Kier alpha value is -2.02. The predicted molar refractivity (Wildman–Crippen MR) is 64.0 cm³/mol. The van der Waals surface area contributed by atoms with Crippen LogP contribution in [-0.2, 0) is 5.54 Å². The third-order valence-corrected chi connectivity index (χ3v) is 2.67. The zero-order chi connectivity index (χ0) is 13.2. The normalized spacial score (nSPS) is 11.6. The van der Waals surface area contributed by atoms with Gasteiger partial charge in [0.1, 0.15) is 12.0 Å². The van der Waals surface area contributed by atoms with E-state index in [4.69, 9.17) is 9.26 Å². The molecule has 2 aromatic heterocycles. The number of hydrogen-bond donors (Lipinski definition) is 1. The van der Waals surface area contributed by atoms with E-state index in [9.17, 15) is 0 Å². The van der Waals surface area contributed by atoms with Crippen LogP contribution in [0.15, 0.2) is 16.9 Å². The van der Waals surface area contributed by atoms with Crippen molar-refractivity contribution in [2.45, 2.75) is 19.4 Å². The van der Waals surface area contributed by atoms with Crippen LogP contribution in [0.3, 0.4) is 0 Å². The molecular weight excluding hydrogens is 234 g/mol. The summed E-state index contributed by atoms with van der Waals surface area (Å²) >= 11 is 0. The Balaban J connectivity index is 2.35. The Labute approximate surface area is 105 Å². The second kappa shape index (κ2) is 4.69. The van der Waals surface area contributed by atoms with Crippen molar-refractivity contribution in [3.05, 3.63) is 18.3 Å². The van der Waals surface area contributed by atoms with Crippen molar-refractivity contribution in [2.24, 2.45) is 0 Å². The first-order chi connectivity index (χ1) is 8.56. The molecule has 96 valence electrons. The average molecular weight is 249 g/mol. The molecule has 0 radical (unpaired) electrons. The van der Waals surface area contributed by atoms with Crippen molar-refractivity contribution in [1.29, 1.82) is 0 Å². The minimum Gasteiger partial charge on any atom is -0.481 e. The van der Waals surface area contributed by atoms with E-state index in [1.165, 1.54) is 13.4 Å². The van der Waals surface area contributed by atoms with Crippen molar-refractivity contribution >= 4 is 0 Å². The fraction of sp³-hybridized carbons (Fsp3) is 0.455. The van der Waals surface area contributed by atoms with E-state index in [1.807, 2.05) is 20.9 Å². The summed E-state index contributed by atoms with van der Waals surface area (Å²) in [7, 11) is 3.37. The summed E-state index contributed by atoms with van der Waals surface area (Å²) in [6, 6.07) is 1.65. The number of nitrogens with one attached hydrogen (secondary N) is 1. The topological polar surface area (TPSA) is 86.0 Å². The van der Waals surface area contributed by atoms with Crippen molar-refractivity contribution in [1.82, 2.24) is 25.4 Å². The summed E-state index contributed by atoms with van der Waals surface area (Å²) in [4.78, 5) is 12.3. The molecule has 0 aliphatic carbocycles. The van der Waals surface area contributed by atoms with Gasteiger partial charge in [0.2, 0.25) is 17.6 Å². The first-order valence-corrected chi connectivity index (χ1v) is 5.46. The zero-order valence-electron chi connectivity index (χ0n) is 10.8. The molecule has 0 spiro atoms. The lowest BCUT2D eigenvalue weighted by Crippen LogP contribution is -2.33.